The second-order valence-electron chi connectivity index (χ2n) is 7.25. The van der Waals surface area contributed by atoms with Crippen LogP contribution in [0.2, 0.25) is 0 Å². The van der Waals surface area contributed by atoms with E-state index in [0.717, 1.165) is 22.2 Å². The molecule has 1 amide bonds. The monoisotopic (exact) mass is 416 g/mol. The van der Waals surface area contributed by atoms with Gasteiger partial charge in [-0.15, -0.1) is 10.2 Å². The minimum absolute atomic E-state index is 0.0538. The summed E-state index contributed by atoms with van der Waals surface area (Å²) in [5.41, 5.74) is 2.88. The zero-order chi connectivity index (χ0) is 21.5. The van der Waals surface area contributed by atoms with Gasteiger partial charge < -0.3 is 14.5 Å². The molecular formula is C24H24N4O3. The Morgan fingerprint density at radius 2 is 1.90 bits per heavy atom. The lowest BCUT2D eigenvalue weighted by Crippen LogP contribution is -2.25. The van der Waals surface area contributed by atoms with Crippen LogP contribution in [0.15, 0.2) is 65.2 Å². The normalized spacial score (nSPS) is 10.9. The summed E-state index contributed by atoms with van der Waals surface area (Å²) in [5, 5.41) is 12.0. The van der Waals surface area contributed by atoms with Gasteiger partial charge in [-0.2, -0.15) is 0 Å². The van der Waals surface area contributed by atoms with Gasteiger partial charge in [0.2, 0.25) is 17.7 Å². The highest BCUT2D eigenvalue weighted by atomic mass is 16.5. The van der Waals surface area contributed by atoms with Gasteiger partial charge in [0.1, 0.15) is 11.3 Å². The Bertz CT molecular complexity index is 1150. The molecule has 0 aliphatic rings. The molecule has 0 bridgehead atoms. The van der Waals surface area contributed by atoms with Crippen molar-refractivity contribution in [1.82, 2.24) is 20.5 Å². The van der Waals surface area contributed by atoms with Gasteiger partial charge in [-0.1, -0.05) is 35.9 Å². The number of pyridine rings is 1. The first-order chi connectivity index (χ1) is 15.2. The van der Waals surface area contributed by atoms with Gasteiger partial charge in [0.15, 0.2) is 0 Å². The van der Waals surface area contributed by atoms with Crippen molar-refractivity contribution in [2.75, 3.05) is 13.2 Å². The molecule has 0 unspecified atom stereocenters. The van der Waals surface area contributed by atoms with E-state index in [0.29, 0.717) is 44.2 Å². The third kappa shape index (κ3) is 5.45. The summed E-state index contributed by atoms with van der Waals surface area (Å²) >= 11 is 0. The van der Waals surface area contributed by atoms with Crippen LogP contribution in [0.5, 0.6) is 5.75 Å². The molecule has 0 saturated carbocycles. The third-order valence-electron chi connectivity index (χ3n) is 4.83. The van der Waals surface area contributed by atoms with E-state index in [-0.39, 0.29) is 5.91 Å². The number of rotatable bonds is 9. The SMILES string of the molecule is Cc1ccc(-c2nnc(CCC(=O)NCCCOc3cccc4cccnc34)o2)cc1. The molecule has 4 rings (SSSR count). The predicted octanol–water partition coefficient (Wildman–Crippen LogP) is 4.11. The Labute approximate surface area is 180 Å². The van der Waals surface area contributed by atoms with Crippen molar-refractivity contribution in [1.29, 1.82) is 0 Å². The molecule has 2 aromatic carbocycles. The van der Waals surface area contributed by atoms with E-state index in [1.807, 2.05) is 61.5 Å². The largest absolute Gasteiger partial charge is 0.491 e. The molecule has 0 spiro atoms. The first-order valence-electron chi connectivity index (χ1n) is 10.3. The maximum Gasteiger partial charge on any atom is 0.247 e. The van der Waals surface area contributed by atoms with Crippen molar-refractivity contribution >= 4 is 16.8 Å². The van der Waals surface area contributed by atoms with E-state index in [1.165, 1.54) is 5.56 Å². The Hall–Kier alpha value is -3.74. The fraction of sp³-hybridized carbons (Fsp3) is 0.250. The van der Waals surface area contributed by atoms with Crippen molar-refractivity contribution in [2.45, 2.75) is 26.2 Å². The fourth-order valence-electron chi connectivity index (χ4n) is 3.15. The number of para-hydroxylation sites is 1. The maximum absolute atomic E-state index is 12.1. The molecule has 0 radical (unpaired) electrons. The summed E-state index contributed by atoms with van der Waals surface area (Å²) in [6.45, 7) is 3.06. The van der Waals surface area contributed by atoms with Crippen molar-refractivity contribution < 1.29 is 13.9 Å². The molecule has 0 atom stereocenters. The molecule has 0 saturated heterocycles. The van der Waals surface area contributed by atoms with Crippen molar-refractivity contribution in [3.63, 3.8) is 0 Å². The van der Waals surface area contributed by atoms with Crippen molar-refractivity contribution in [3.05, 3.63) is 72.2 Å². The predicted molar refractivity (Wildman–Crippen MR) is 118 cm³/mol. The lowest BCUT2D eigenvalue weighted by molar-refractivity contribution is -0.121. The number of nitrogens with zero attached hydrogens (tertiary/aromatic N) is 3. The topological polar surface area (TPSA) is 90.1 Å². The third-order valence-corrected chi connectivity index (χ3v) is 4.83. The minimum atomic E-state index is -0.0538. The van der Waals surface area contributed by atoms with Crippen LogP contribution in [0.25, 0.3) is 22.4 Å². The van der Waals surface area contributed by atoms with E-state index in [4.69, 9.17) is 9.15 Å². The van der Waals surface area contributed by atoms with Crippen LogP contribution in [-0.4, -0.2) is 34.2 Å². The number of carbonyl (C=O) groups is 1. The number of aromatic nitrogens is 3. The molecule has 158 valence electrons. The van der Waals surface area contributed by atoms with Crippen LogP contribution in [0.3, 0.4) is 0 Å². The molecule has 2 aromatic heterocycles. The van der Waals surface area contributed by atoms with Gasteiger partial charge >= 0.3 is 0 Å². The fourth-order valence-corrected chi connectivity index (χ4v) is 3.15. The Balaban J connectivity index is 1.17. The highest BCUT2D eigenvalue weighted by Gasteiger charge is 2.10. The summed E-state index contributed by atoms with van der Waals surface area (Å²) < 4.78 is 11.5. The van der Waals surface area contributed by atoms with Gasteiger partial charge in [-0.3, -0.25) is 9.78 Å². The number of hydrogen-bond acceptors (Lipinski definition) is 6. The van der Waals surface area contributed by atoms with Gasteiger partial charge in [-0.25, -0.2) is 0 Å². The number of aryl methyl sites for hydroxylation is 2. The lowest BCUT2D eigenvalue weighted by Gasteiger charge is -2.09. The molecule has 7 heteroatoms. The van der Waals surface area contributed by atoms with Gasteiger partial charge in [-0.05, 0) is 37.6 Å². The summed E-state index contributed by atoms with van der Waals surface area (Å²) in [7, 11) is 0. The van der Waals surface area contributed by atoms with E-state index >= 15 is 0 Å². The maximum atomic E-state index is 12.1. The summed E-state index contributed by atoms with van der Waals surface area (Å²) in [5.74, 6) is 1.63. The Kier molecular flexibility index (Phi) is 6.52. The molecule has 2 heterocycles. The van der Waals surface area contributed by atoms with Crippen molar-refractivity contribution in [2.24, 2.45) is 0 Å². The van der Waals surface area contributed by atoms with Crippen LogP contribution in [0, 0.1) is 6.92 Å². The van der Waals surface area contributed by atoms with Crippen molar-refractivity contribution in [3.8, 4) is 17.2 Å². The molecule has 4 aromatic rings. The molecule has 0 fully saturated rings. The second kappa shape index (κ2) is 9.84. The first-order valence-corrected chi connectivity index (χ1v) is 10.3. The highest BCUT2D eigenvalue weighted by molar-refractivity contribution is 5.84. The minimum Gasteiger partial charge on any atom is -0.491 e. The molecule has 0 aliphatic heterocycles. The summed E-state index contributed by atoms with van der Waals surface area (Å²) in [4.78, 5) is 16.5. The van der Waals surface area contributed by atoms with E-state index in [2.05, 4.69) is 20.5 Å². The molecule has 1 N–H and O–H groups in total. The summed E-state index contributed by atoms with van der Waals surface area (Å²) in [6.07, 6.45) is 3.15. The lowest BCUT2D eigenvalue weighted by atomic mass is 10.1. The number of hydrogen-bond donors (Lipinski definition) is 1. The number of nitrogens with one attached hydrogen (secondary N) is 1. The average Bonchev–Trinajstić information content (AvgIpc) is 3.27. The zero-order valence-corrected chi connectivity index (χ0v) is 17.4. The first kappa shape index (κ1) is 20.5. The summed E-state index contributed by atoms with van der Waals surface area (Å²) in [6, 6.07) is 17.6. The zero-order valence-electron chi connectivity index (χ0n) is 17.4. The number of benzene rings is 2. The highest BCUT2D eigenvalue weighted by Crippen LogP contribution is 2.23. The van der Waals surface area contributed by atoms with Gasteiger partial charge in [0.25, 0.3) is 0 Å². The Morgan fingerprint density at radius 1 is 1.06 bits per heavy atom. The van der Waals surface area contributed by atoms with E-state index in [1.54, 1.807) is 6.20 Å². The van der Waals surface area contributed by atoms with Crippen LogP contribution in [-0.2, 0) is 11.2 Å². The molecular weight excluding hydrogens is 392 g/mol. The second-order valence-corrected chi connectivity index (χ2v) is 7.25. The van der Waals surface area contributed by atoms with Crippen LogP contribution in [0.4, 0.5) is 0 Å². The number of amides is 1. The molecule has 0 aliphatic carbocycles. The number of carbonyl (C=O) groups excluding carboxylic acids is 1. The number of ether oxygens (including phenoxy) is 1. The Morgan fingerprint density at radius 3 is 2.77 bits per heavy atom. The number of fused-ring (bicyclic) bond motifs is 1. The van der Waals surface area contributed by atoms with E-state index < -0.39 is 0 Å². The van der Waals surface area contributed by atoms with Crippen LogP contribution >= 0.6 is 0 Å². The van der Waals surface area contributed by atoms with E-state index in [9.17, 15) is 4.79 Å². The molecule has 31 heavy (non-hydrogen) atoms. The molecule has 7 nitrogen and oxygen atoms in total. The average molecular weight is 416 g/mol. The van der Waals surface area contributed by atoms with Gasteiger partial charge in [0, 0.05) is 36.5 Å². The smallest absolute Gasteiger partial charge is 0.247 e. The van der Waals surface area contributed by atoms with Crippen LogP contribution < -0.4 is 10.1 Å². The standard InChI is InChI=1S/C24H24N4O3/c1-17-8-10-19(11-9-17)24-28-27-22(31-24)13-12-21(29)25-15-4-16-30-20-7-2-5-18-6-3-14-26-23(18)20/h2-3,5-11,14H,4,12-13,15-16H2,1H3,(H,25,29). The van der Waals surface area contributed by atoms with Gasteiger partial charge in [0.05, 0.1) is 6.61 Å². The van der Waals surface area contributed by atoms with Crippen LogP contribution in [0.1, 0.15) is 24.3 Å². The quantitative estimate of drug-likeness (QED) is 0.413.